The van der Waals surface area contributed by atoms with Crippen molar-refractivity contribution in [2.24, 2.45) is 5.84 Å². The fraction of sp³-hybridized carbons (Fsp3) is 0.429. The second kappa shape index (κ2) is 6.29. The van der Waals surface area contributed by atoms with Gasteiger partial charge in [0.05, 0.1) is 12.1 Å². The molecule has 4 heteroatoms. The van der Waals surface area contributed by atoms with E-state index in [9.17, 15) is 0 Å². The number of ether oxygens (including phenoxy) is 1. The third kappa shape index (κ3) is 2.72. The standard InChI is InChI=1S/C14H20N2OS/c1-3-13(17-2)12(16-15)8-10-9-18-14-7-5-4-6-11(10)14/h4-7,9,12-13,16H,3,8,15H2,1-2H3. The van der Waals surface area contributed by atoms with Crippen molar-refractivity contribution in [2.75, 3.05) is 7.11 Å². The average molecular weight is 264 g/mol. The van der Waals surface area contributed by atoms with Crippen LogP contribution in [0.15, 0.2) is 29.6 Å². The number of benzene rings is 1. The number of hydrogen-bond donors (Lipinski definition) is 2. The van der Waals surface area contributed by atoms with Crippen LogP contribution in [0, 0.1) is 0 Å². The maximum atomic E-state index is 5.66. The maximum Gasteiger partial charge on any atom is 0.0738 e. The van der Waals surface area contributed by atoms with Crippen LogP contribution < -0.4 is 11.3 Å². The molecule has 2 rings (SSSR count). The van der Waals surface area contributed by atoms with Crippen LogP contribution in [0.2, 0.25) is 0 Å². The summed E-state index contributed by atoms with van der Waals surface area (Å²) in [5.41, 5.74) is 4.23. The molecule has 1 aromatic carbocycles. The molecule has 1 heterocycles. The van der Waals surface area contributed by atoms with Gasteiger partial charge in [0.2, 0.25) is 0 Å². The zero-order valence-electron chi connectivity index (χ0n) is 10.8. The van der Waals surface area contributed by atoms with Gasteiger partial charge < -0.3 is 4.74 Å². The average Bonchev–Trinajstić information content (AvgIpc) is 2.82. The van der Waals surface area contributed by atoms with Crippen molar-refractivity contribution in [1.29, 1.82) is 0 Å². The van der Waals surface area contributed by atoms with Crippen LogP contribution in [0.4, 0.5) is 0 Å². The van der Waals surface area contributed by atoms with E-state index in [-0.39, 0.29) is 12.1 Å². The monoisotopic (exact) mass is 264 g/mol. The van der Waals surface area contributed by atoms with Gasteiger partial charge in [0.25, 0.3) is 0 Å². The van der Waals surface area contributed by atoms with Crippen LogP contribution in [0.25, 0.3) is 10.1 Å². The third-order valence-corrected chi connectivity index (χ3v) is 4.38. The van der Waals surface area contributed by atoms with E-state index in [0.717, 1.165) is 12.8 Å². The molecule has 0 aliphatic heterocycles. The Kier molecular flexibility index (Phi) is 4.72. The highest BCUT2D eigenvalue weighted by Crippen LogP contribution is 2.27. The summed E-state index contributed by atoms with van der Waals surface area (Å²) in [5.74, 6) is 5.66. The summed E-state index contributed by atoms with van der Waals surface area (Å²) in [6.45, 7) is 2.12. The minimum absolute atomic E-state index is 0.147. The summed E-state index contributed by atoms with van der Waals surface area (Å²) in [4.78, 5) is 0. The van der Waals surface area contributed by atoms with Gasteiger partial charge in [0.1, 0.15) is 0 Å². The Morgan fingerprint density at radius 3 is 2.83 bits per heavy atom. The molecule has 0 aliphatic rings. The van der Waals surface area contributed by atoms with E-state index in [1.807, 2.05) is 0 Å². The summed E-state index contributed by atoms with van der Waals surface area (Å²) >= 11 is 1.78. The van der Waals surface area contributed by atoms with Gasteiger partial charge in [-0.25, -0.2) is 0 Å². The van der Waals surface area contributed by atoms with Gasteiger partial charge in [-0.1, -0.05) is 25.1 Å². The summed E-state index contributed by atoms with van der Waals surface area (Å²) in [6, 6.07) is 8.63. The second-order valence-corrected chi connectivity index (χ2v) is 5.33. The van der Waals surface area contributed by atoms with Gasteiger partial charge in [0.15, 0.2) is 0 Å². The van der Waals surface area contributed by atoms with Crippen molar-refractivity contribution < 1.29 is 4.74 Å². The van der Waals surface area contributed by atoms with E-state index in [2.05, 4.69) is 42.0 Å². The van der Waals surface area contributed by atoms with Crippen LogP contribution in [0.1, 0.15) is 18.9 Å². The minimum atomic E-state index is 0.147. The van der Waals surface area contributed by atoms with Crippen molar-refractivity contribution in [3.8, 4) is 0 Å². The number of rotatable bonds is 6. The highest BCUT2D eigenvalue weighted by Gasteiger charge is 2.20. The molecule has 18 heavy (non-hydrogen) atoms. The molecule has 98 valence electrons. The first-order chi connectivity index (χ1) is 8.80. The van der Waals surface area contributed by atoms with Crippen molar-refractivity contribution in [1.82, 2.24) is 5.43 Å². The van der Waals surface area contributed by atoms with Crippen molar-refractivity contribution in [2.45, 2.75) is 31.9 Å². The van der Waals surface area contributed by atoms with Gasteiger partial charge in [-0.05, 0) is 35.2 Å². The molecule has 0 spiro atoms. The van der Waals surface area contributed by atoms with Crippen LogP contribution in [-0.4, -0.2) is 19.3 Å². The minimum Gasteiger partial charge on any atom is -0.380 e. The zero-order chi connectivity index (χ0) is 13.0. The van der Waals surface area contributed by atoms with E-state index in [0.29, 0.717) is 0 Å². The molecule has 3 N–H and O–H groups in total. The number of hydrazine groups is 1. The highest BCUT2D eigenvalue weighted by atomic mass is 32.1. The lowest BCUT2D eigenvalue weighted by atomic mass is 10.00. The third-order valence-electron chi connectivity index (χ3n) is 3.37. The van der Waals surface area contributed by atoms with Gasteiger partial charge in [-0.2, -0.15) is 0 Å². The Morgan fingerprint density at radius 2 is 2.17 bits per heavy atom. The Balaban J connectivity index is 2.21. The number of fused-ring (bicyclic) bond motifs is 1. The lowest BCUT2D eigenvalue weighted by molar-refractivity contribution is 0.0655. The van der Waals surface area contributed by atoms with Crippen LogP contribution in [-0.2, 0) is 11.2 Å². The van der Waals surface area contributed by atoms with Crippen molar-refractivity contribution >= 4 is 21.4 Å². The molecule has 3 nitrogen and oxygen atoms in total. The molecule has 2 atom stereocenters. The summed E-state index contributed by atoms with van der Waals surface area (Å²) in [5, 5.41) is 3.55. The van der Waals surface area contributed by atoms with Crippen molar-refractivity contribution in [3.63, 3.8) is 0 Å². The number of hydrogen-bond acceptors (Lipinski definition) is 4. The Morgan fingerprint density at radius 1 is 1.39 bits per heavy atom. The lowest BCUT2D eigenvalue weighted by Gasteiger charge is -2.24. The Bertz CT molecular complexity index is 493. The van der Waals surface area contributed by atoms with Crippen LogP contribution in [0.5, 0.6) is 0 Å². The highest BCUT2D eigenvalue weighted by molar-refractivity contribution is 7.17. The summed E-state index contributed by atoms with van der Waals surface area (Å²) in [7, 11) is 1.74. The predicted molar refractivity (Wildman–Crippen MR) is 77.7 cm³/mol. The van der Waals surface area contributed by atoms with Gasteiger partial charge in [-0.3, -0.25) is 11.3 Å². The maximum absolute atomic E-state index is 5.66. The quantitative estimate of drug-likeness (QED) is 0.623. The zero-order valence-corrected chi connectivity index (χ0v) is 11.7. The summed E-state index contributed by atoms with van der Waals surface area (Å²) in [6.07, 6.45) is 1.99. The molecule has 0 fully saturated rings. The van der Waals surface area contributed by atoms with Gasteiger partial charge >= 0.3 is 0 Å². The van der Waals surface area contributed by atoms with Gasteiger partial charge in [-0.15, -0.1) is 11.3 Å². The first kappa shape index (κ1) is 13.5. The van der Waals surface area contributed by atoms with E-state index in [1.54, 1.807) is 18.4 Å². The molecular weight excluding hydrogens is 244 g/mol. The van der Waals surface area contributed by atoms with E-state index in [1.165, 1.54) is 15.6 Å². The molecule has 2 unspecified atom stereocenters. The first-order valence-electron chi connectivity index (χ1n) is 6.24. The van der Waals surface area contributed by atoms with E-state index >= 15 is 0 Å². The molecule has 0 radical (unpaired) electrons. The van der Waals surface area contributed by atoms with E-state index < -0.39 is 0 Å². The fourth-order valence-corrected chi connectivity index (χ4v) is 3.32. The number of methoxy groups -OCH3 is 1. The fourth-order valence-electron chi connectivity index (χ4n) is 2.34. The molecule has 0 saturated carbocycles. The predicted octanol–water partition coefficient (Wildman–Crippen LogP) is 2.70. The van der Waals surface area contributed by atoms with Crippen molar-refractivity contribution in [3.05, 3.63) is 35.2 Å². The van der Waals surface area contributed by atoms with Crippen LogP contribution >= 0.6 is 11.3 Å². The molecular formula is C14H20N2OS. The molecule has 1 aromatic heterocycles. The van der Waals surface area contributed by atoms with Crippen LogP contribution in [0.3, 0.4) is 0 Å². The first-order valence-corrected chi connectivity index (χ1v) is 7.12. The normalized spacial score (nSPS) is 14.8. The second-order valence-electron chi connectivity index (χ2n) is 4.42. The van der Waals surface area contributed by atoms with E-state index in [4.69, 9.17) is 10.6 Å². The molecule has 0 bridgehead atoms. The SMILES string of the molecule is CCC(OC)C(Cc1csc2ccccc12)NN. The summed E-state index contributed by atoms with van der Waals surface area (Å²) < 4.78 is 6.80. The lowest BCUT2D eigenvalue weighted by Crippen LogP contribution is -2.46. The Labute approximate surface area is 112 Å². The molecule has 0 saturated heterocycles. The number of nitrogens with two attached hydrogens (primary N) is 1. The largest absolute Gasteiger partial charge is 0.380 e. The van der Waals surface area contributed by atoms with Gasteiger partial charge in [0, 0.05) is 11.8 Å². The molecule has 0 amide bonds. The molecule has 0 aliphatic carbocycles. The molecule has 2 aromatic rings. The number of thiophene rings is 1. The Hall–Kier alpha value is -0.940. The topological polar surface area (TPSA) is 47.3 Å². The number of nitrogens with one attached hydrogen (secondary N) is 1. The smallest absolute Gasteiger partial charge is 0.0738 e.